The Morgan fingerprint density at radius 2 is 0.925 bits per heavy atom. The Morgan fingerprint density at radius 1 is 0.575 bits per heavy atom. The molecule has 4 nitrogen and oxygen atoms in total. The maximum atomic E-state index is 11.2. The van der Waals surface area contributed by atoms with Crippen molar-refractivity contribution in [3.8, 4) is 11.5 Å². The fourth-order valence-corrected chi connectivity index (χ4v) is 10.8. The van der Waals surface area contributed by atoms with E-state index in [-0.39, 0.29) is 12.1 Å². The number of aromatic hydroxyl groups is 2. The summed E-state index contributed by atoms with van der Waals surface area (Å²) in [4.78, 5) is 10.0. The van der Waals surface area contributed by atoms with E-state index in [1.807, 2.05) is 12.4 Å². The van der Waals surface area contributed by atoms with Gasteiger partial charge < -0.3 is 10.2 Å². The predicted octanol–water partition coefficient (Wildman–Crippen LogP) is 6.13. The monoisotopic (exact) mass is 610 g/mol. The van der Waals surface area contributed by atoms with Gasteiger partial charge in [-0.2, -0.15) is 0 Å². The molecule has 3 rings (SSSR count). The molecular weight excluding hydrogens is 557 g/mol. The standard InChI is InChI=1S/C32H54N2O2Si4/c1-37(2,3)27-16-23(31(35)29(19-27)39(7,8)9)21-33-25-14-13-15-26(18-25)34-22-24-17-28(38(4,5)6)20-30(32(24)36)40(10,11)12/h16-17,19-22,25-26,35-36H,13-15,18H2,1-12H3. The molecule has 220 valence electrons. The Balaban J connectivity index is 1.87. The largest absolute Gasteiger partial charge is 0.507 e. The lowest BCUT2D eigenvalue weighted by Crippen LogP contribution is -2.45. The molecule has 0 bridgehead atoms. The Hall–Kier alpha value is -1.75. The number of phenols is 2. The summed E-state index contributed by atoms with van der Waals surface area (Å²) in [5.41, 5.74) is 1.74. The average molecular weight is 611 g/mol. The summed E-state index contributed by atoms with van der Waals surface area (Å²) < 4.78 is 0. The van der Waals surface area contributed by atoms with Crippen molar-refractivity contribution in [3.63, 3.8) is 0 Å². The molecule has 0 saturated heterocycles. The Labute approximate surface area is 248 Å². The second-order valence-corrected chi connectivity index (χ2v) is 36.2. The van der Waals surface area contributed by atoms with Crippen LogP contribution in [0, 0.1) is 0 Å². The van der Waals surface area contributed by atoms with Crippen LogP contribution in [0.5, 0.6) is 11.5 Å². The second-order valence-electron chi connectivity index (χ2n) is 16.0. The topological polar surface area (TPSA) is 65.2 Å². The van der Waals surface area contributed by atoms with Crippen molar-refractivity contribution >= 4 is 65.5 Å². The lowest BCUT2D eigenvalue weighted by Gasteiger charge is -2.26. The maximum absolute atomic E-state index is 11.2. The highest BCUT2D eigenvalue weighted by molar-refractivity contribution is 6.92. The quantitative estimate of drug-likeness (QED) is 0.279. The van der Waals surface area contributed by atoms with Crippen LogP contribution >= 0.6 is 0 Å². The first-order valence-electron chi connectivity index (χ1n) is 15.0. The number of nitrogens with zero attached hydrogens (tertiary/aromatic N) is 2. The number of rotatable bonds is 8. The molecule has 2 N–H and O–H groups in total. The van der Waals surface area contributed by atoms with E-state index in [1.165, 1.54) is 10.4 Å². The van der Waals surface area contributed by atoms with Gasteiger partial charge in [-0.3, -0.25) is 9.98 Å². The zero-order chi connectivity index (χ0) is 30.3. The third-order valence-electron chi connectivity index (χ3n) is 8.09. The lowest BCUT2D eigenvalue weighted by atomic mass is 9.91. The van der Waals surface area contributed by atoms with Crippen LogP contribution in [0.1, 0.15) is 36.8 Å². The molecule has 0 radical (unpaired) electrons. The Kier molecular flexibility index (Phi) is 9.71. The molecular formula is C32H54N2O2Si4. The third kappa shape index (κ3) is 8.17. The molecule has 2 aromatic rings. The van der Waals surface area contributed by atoms with Gasteiger partial charge in [0.15, 0.2) is 0 Å². The molecule has 2 unspecified atom stereocenters. The van der Waals surface area contributed by atoms with Gasteiger partial charge in [0.1, 0.15) is 11.5 Å². The van der Waals surface area contributed by atoms with Gasteiger partial charge >= 0.3 is 0 Å². The first kappa shape index (κ1) is 32.8. The first-order valence-corrected chi connectivity index (χ1v) is 29.0. The lowest BCUT2D eigenvalue weighted by molar-refractivity contribution is 0.397. The summed E-state index contributed by atoms with van der Waals surface area (Å²) in [5, 5.41) is 27.5. The number of aliphatic imine (C=N–C) groups is 2. The fourth-order valence-electron chi connectivity index (χ4n) is 5.30. The fraction of sp³-hybridized carbons (Fsp3) is 0.562. The van der Waals surface area contributed by atoms with Crippen LogP contribution in [0.4, 0.5) is 0 Å². The molecule has 8 heteroatoms. The summed E-state index contributed by atoms with van der Waals surface area (Å²) in [6.07, 6.45) is 7.96. The summed E-state index contributed by atoms with van der Waals surface area (Å²) in [6, 6.07) is 9.30. The molecule has 2 atom stereocenters. The van der Waals surface area contributed by atoms with Crippen molar-refractivity contribution in [2.24, 2.45) is 9.98 Å². The van der Waals surface area contributed by atoms with Crippen LogP contribution in [-0.4, -0.2) is 67.0 Å². The normalized spacial score (nSPS) is 19.6. The van der Waals surface area contributed by atoms with Crippen molar-refractivity contribution in [1.29, 1.82) is 0 Å². The van der Waals surface area contributed by atoms with Gasteiger partial charge in [-0.15, -0.1) is 0 Å². The molecule has 40 heavy (non-hydrogen) atoms. The van der Waals surface area contributed by atoms with Gasteiger partial charge in [0.25, 0.3) is 0 Å². The summed E-state index contributed by atoms with van der Waals surface area (Å²) in [6.45, 7) is 28.0. The van der Waals surface area contributed by atoms with E-state index in [2.05, 4.69) is 103 Å². The molecule has 1 aliphatic carbocycles. The molecule has 0 aromatic heterocycles. The summed E-state index contributed by atoms with van der Waals surface area (Å²) >= 11 is 0. The van der Waals surface area contributed by atoms with Gasteiger partial charge in [-0.1, -0.05) is 113 Å². The van der Waals surface area contributed by atoms with Crippen LogP contribution < -0.4 is 20.7 Å². The van der Waals surface area contributed by atoms with Crippen molar-refractivity contribution in [2.45, 2.75) is 116 Å². The van der Waals surface area contributed by atoms with E-state index in [9.17, 15) is 10.2 Å². The molecule has 1 saturated carbocycles. The first-order chi connectivity index (χ1) is 18.2. The third-order valence-corrected chi connectivity index (χ3v) is 16.1. The summed E-state index contributed by atoms with van der Waals surface area (Å²) in [5.74, 6) is 0.845. The van der Waals surface area contributed by atoms with Crippen LogP contribution in [0.2, 0.25) is 78.6 Å². The van der Waals surface area contributed by atoms with Crippen molar-refractivity contribution < 1.29 is 10.2 Å². The van der Waals surface area contributed by atoms with Gasteiger partial charge in [0.2, 0.25) is 0 Å². The highest BCUT2D eigenvalue weighted by Crippen LogP contribution is 2.26. The Morgan fingerprint density at radius 3 is 1.23 bits per heavy atom. The minimum Gasteiger partial charge on any atom is -0.507 e. The second kappa shape index (κ2) is 11.9. The minimum atomic E-state index is -1.70. The zero-order valence-corrected chi connectivity index (χ0v) is 31.2. The Bertz CT molecular complexity index is 1180. The van der Waals surface area contributed by atoms with Crippen LogP contribution in [0.3, 0.4) is 0 Å². The average Bonchev–Trinajstić information content (AvgIpc) is 2.80. The van der Waals surface area contributed by atoms with Gasteiger partial charge in [-0.25, -0.2) is 0 Å². The van der Waals surface area contributed by atoms with E-state index >= 15 is 0 Å². The number of hydrogen-bond donors (Lipinski definition) is 2. The van der Waals surface area contributed by atoms with Gasteiger partial charge in [0, 0.05) is 23.6 Å². The zero-order valence-electron chi connectivity index (χ0n) is 27.2. The van der Waals surface area contributed by atoms with Gasteiger partial charge in [0.05, 0.1) is 44.4 Å². The maximum Gasteiger partial charge on any atom is 0.123 e. The molecule has 1 fully saturated rings. The number of phenolic OH excluding ortho intramolecular Hbond substituents is 2. The molecule has 0 spiro atoms. The molecule has 0 amide bonds. The van der Waals surface area contributed by atoms with E-state index in [0.717, 1.165) is 47.2 Å². The summed E-state index contributed by atoms with van der Waals surface area (Å²) in [7, 11) is -6.49. The van der Waals surface area contributed by atoms with Crippen molar-refractivity contribution in [3.05, 3.63) is 35.4 Å². The van der Waals surface area contributed by atoms with Crippen LogP contribution in [0.15, 0.2) is 34.3 Å². The van der Waals surface area contributed by atoms with E-state index in [0.29, 0.717) is 11.5 Å². The predicted molar refractivity (Wildman–Crippen MR) is 189 cm³/mol. The smallest absolute Gasteiger partial charge is 0.123 e. The van der Waals surface area contributed by atoms with Crippen LogP contribution in [-0.2, 0) is 0 Å². The SMILES string of the molecule is C[Si](C)(C)c1cc(C=NC2CCCC(N=Cc3cc([Si](C)(C)C)cc([Si](C)(C)C)c3O)C2)c(O)c([Si](C)(C)C)c1. The van der Waals surface area contributed by atoms with E-state index < -0.39 is 32.3 Å². The number of hydrogen-bond acceptors (Lipinski definition) is 4. The van der Waals surface area contributed by atoms with Crippen molar-refractivity contribution in [1.82, 2.24) is 0 Å². The highest BCUT2D eigenvalue weighted by Gasteiger charge is 2.28. The molecule has 0 aliphatic heterocycles. The van der Waals surface area contributed by atoms with Crippen molar-refractivity contribution in [2.75, 3.05) is 0 Å². The van der Waals surface area contributed by atoms with Gasteiger partial charge in [-0.05, 0) is 36.1 Å². The number of benzene rings is 2. The molecule has 0 heterocycles. The van der Waals surface area contributed by atoms with E-state index in [4.69, 9.17) is 9.98 Å². The highest BCUT2D eigenvalue weighted by atomic mass is 28.3. The minimum absolute atomic E-state index is 0.195. The van der Waals surface area contributed by atoms with E-state index in [1.54, 1.807) is 0 Å². The molecule has 2 aromatic carbocycles. The van der Waals surface area contributed by atoms with Crippen LogP contribution in [0.25, 0.3) is 0 Å². The molecule has 1 aliphatic rings.